The zero-order valence-corrected chi connectivity index (χ0v) is 16.9. The van der Waals surface area contributed by atoms with Crippen molar-refractivity contribution in [2.24, 2.45) is 0 Å². The molecule has 0 saturated carbocycles. The molecule has 3 rings (SSSR count). The summed E-state index contributed by atoms with van der Waals surface area (Å²) in [7, 11) is 3.03. The molecule has 2 aromatic rings. The van der Waals surface area contributed by atoms with E-state index in [1.807, 2.05) is 19.9 Å². The van der Waals surface area contributed by atoms with Crippen LogP contribution in [-0.2, 0) is 14.3 Å². The van der Waals surface area contributed by atoms with E-state index in [0.29, 0.717) is 16.9 Å². The fourth-order valence-electron chi connectivity index (χ4n) is 3.73. The highest BCUT2D eigenvalue weighted by Crippen LogP contribution is 2.41. The number of methoxy groups -OCH3 is 2. The number of rotatable bonds is 6. The van der Waals surface area contributed by atoms with Crippen molar-refractivity contribution in [3.63, 3.8) is 0 Å². The number of Topliss-reactive ketones (excluding diaryl/α,β-unsaturated/α-hetero) is 1. The average Bonchev–Trinajstić information content (AvgIpc) is 2.96. The lowest BCUT2D eigenvalue weighted by Crippen LogP contribution is -2.32. The van der Waals surface area contributed by atoms with E-state index in [0.717, 1.165) is 11.1 Å². The van der Waals surface area contributed by atoms with Crippen LogP contribution < -0.4 is 4.74 Å². The number of ether oxygens (including phenoxy) is 2. The van der Waals surface area contributed by atoms with Gasteiger partial charge in [-0.3, -0.25) is 14.6 Å². The second kappa shape index (κ2) is 8.45. The Hall–Kier alpha value is -3.19. The van der Waals surface area contributed by atoms with Crippen LogP contribution in [0.25, 0.3) is 5.76 Å². The molecule has 7 heteroatoms. The average molecular weight is 396 g/mol. The Morgan fingerprint density at radius 3 is 2.62 bits per heavy atom. The van der Waals surface area contributed by atoms with Gasteiger partial charge in [-0.25, -0.2) is 0 Å². The first-order valence-corrected chi connectivity index (χ1v) is 9.23. The standard InChI is InChI=1S/C22H24N2O5/c1-13-10-14(2)21(29-4)16(11-13)19(25)17-18(15-6-5-7-23-12-15)24(8-9-28-3)22(27)20(17)26/h5-7,10-12,18,25H,8-9H2,1-4H3/b19-17+. The van der Waals surface area contributed by atoms with Gasteiger partial charge in [-0.15, -0.1) is 0 Å². The summed E-state index contributed by atoms with van der Waals surface area (Å²) in [5, 5.41) is 11.2. The van der Waals surface area contributed by atoms with Crippen molar-refractivity contribution in [2.75, 3.05) is 27.4 Å². The van der Waals surface area contributed by atoms with Crippen LogP contribution in [0.1, 0.15) is 28.3 Å². The van der Waals surface area contributed by atoms with E-state index in [4.69, 9.17) is 9.47 Å². The molecule has 0 aliphatic carbocycles. The summed E-state index contributed by atoms with van der Waals surface area (Å²) < 4.78 is 10.6. The molecule has 1 amide bonds. The molecule has 1 aromatic carbocycles. The zero-order valence-electron chi connectivity index (χ0n) is 16.9. The molecular formula is C22H24N2O5. The van der Waals surface area contributed by atoms with E-state index in [1.54, 1.807) is 30.6 Å². The number of aromatic nitrogens is 1. The number of carbonyl (C=O) groups excluding carboxylic acids is 2. The number of aryl methyl sites for hydroxylation is 2. The summed E-state index contributed by atoms with van der Waals surface area (Å²) in [6.45, 7) is 4.22. The summed E-state index contributed by atoms with van der Waals surface area (Å²) in [5.74, 6) is -1.23. The number of hydrogen-bond donors (Lipinski definition) is 1. The van der Waals surface area contributed by atoms with Gasteiger partial charge in [0.2, 0.25) is 0 Å². The highest BCUT2D eigenvalue weighted by atomic mass is 16.5. The van der Waals surface area contributed by atoms with Gasteiger partial charge >= 0.3 is 0 Å². The molecule has 2 heterocycles. The second-order valence-electron chi connectivity index (χ2n) is 6.93. The third-order valence-electron chi connectivity index (χ3n) is 4.95. The lowest BCUT2D eigenvalue weighted by Gasteiger charge is -2.25. The van der Waals surface area contributed by atoms with Gasteiger partial charge in [-0.2, -0.15) is 0 Å². The van der Waals surface area contributed by atoms with Crippen LogP contribution in [0.4, 0.5) is 0 Å². The van der Waals surface area contributed by atoms with Crippen LogP contribution in [0.3, 0.4) is 0 Å². The van der Waals surface area contributed by atoms with E-state index in [-0.39, 0.29) is 24.5 Å². The largest absolute Gasteiger partial charge is 0.507 e. The van der Waals surface area contributed by atoms with Crippen molar-refractivity contribution in [3.8, 4) is 5.75 Å². The lowest BCUT2D eigenvalue weighted by atomic mass is 9.94. The van der Waals surface area contributed by atoms with Crippen molar-refractivity contribution in [3.05, 3.63) is 64.5 Å². The minimum absolute atomic E-state index is 0.0161. The highest BCUT2D eigenvalue weighted by molar-refractivity contribution is 6.46. The molecule has 7 nitrogen and oxygen atoms in total. The molecule has 1 fully saturated rings. The number of nitrogens with zero attached hydrogens (tertiary/aromatic N) is 2. The Kier molecular flexibility index (Phi) is 5.98. The van der Waals surface area contributed by atoms with E-state index in [9.17, 15) is 14.7 Å². The topological polar surface area (TPSA) is 89.0 Å². The van der Waals surface area contributed by atoms with Crippen LogP contribution in [0.15, 0.2) is 42.2 Å². The number of aliphatic hydroxyl groups excluding tert-OH is 1. The maximum absolute atomic E-state index is 12.9. The number of amides is 1. The molecule has 0 bridgehead atoms. The van der Waals surface area contributed by atoms with Gasteiger partial charge in [0.25, 0.3) is 11.7 Å². The molecule has 1 N–H and O–H groups in total. The van der Waals surface area contributed by atoms with Crippen molar-refractivity contribution >= 4 is 17.4 Å². The molecule has 1 aromatic heterocycles. The third-order valence-corrected chi connectivity index (χ3v) is 4.95. The van der Waals surface area contributed by atoms with Gasteiger partial charge < -0.3 is 19.5 Å². The molecule has 1 aliphatic heterocycles. The van der Waals surface area contributed by atoms with Crippen LogP contribution in [0.2, 0.25) is 0 Å². The normalized spacial score (nSPS) is 18.3. The highest BCUT2D eigenvalue weighted by Gasteiger charge is 2.46. The van der Waals surface area contributed by atoms with Crippen LogP contribution in [-0.4, -0.2) is 54.1 Å². The van der Waals surface area contributed by atoms with Crippen molar-refractivity contribution < 1.29 is 24.2 Å². The van der Waals surface area contributed by atoms with Crippen molar-refractivity contribution in [1.82, 2.24) is 9.88 Å². The van der Waals surface area contributed by atoms with Gasteiger partial charge in [0.05, 0.1) is 30.9 Å². The first-order chi connectivity index (χ1) is 13.9. The smallest absolute Gasteiger partial charge is 0.295 e. The summed E-state index contributed by atoms with van der Waals surface area (Å²) in [5.41, 5.74) is 2.75. The predicted molar refractivity (Wildman–Crippen MR) is 108 cm³/mol. The summed E-state index contributed by atoms with van der Waals surface area (Å²) in [4.78, 5) is 31.2. The third kappa shape index (κ3) is 3.73. The van der Waals surface area contributed by atoms with E-state index < -0.39 is 17.7 Å². The number of benzene rings is 1. The fraction of sp³-hybridized carbons (Fsp3) is 0.318. The van der Waals surface area contributed by atoms with E-state index in [2.05, 4.69) is 4.98 Å². The molecule has 29 heavy (non-hydrogen) atoms. The molecule has 1 atom stereocenters. The number of likely N-dealkylation sites (tertiary alicyclic amines) is 1. The molecule has 0 spiro atoms. The number of carbonyl (C=O) groups is 2. The quantitative estimate of drug-likeness (QED) is 0.459. The zero-order chi connectivity index (χ0) is 21.1. The van der Waals surface area contributed by atoms with Crippen LogP contribution in [0, 0.1) is 13.8 Å². The lowest BCUT2D eigenvalue weighted by molar-refractivity contribution is -0.140. The number of aliphatic hydroxyl groups is 1. The Morgan fingerprint density at radius 1 is 1.24 bits per heavy atom. The number of pyridine rings is 1. The monoisotopic (exact) mass is 396 g/mol. The molecule has 1 saturated heterocycles. The molecule has 0 radical (unpaired) electrons. The Balaban J connectivity index is 2.24. The number of ketones is 1. The van der Waals surface area contributed by atoms with Gasteiger partial charge in [-0.05, 0) is 42.7 Å². The molecule has 1 aliphatic rings. The molecular weight excluding hydrogens is 372 g/mol. The van der Waals surface area contributed by atoms with E-state index >= 15 is 0 Å². The summed E-state index contributed by atoms with van der Waals surface area (Å²) in [6, 6.07) is 6.40. The van der Waals surface area contributed by atoms with Gasteiger partial charge in [0.1, 0.15) is 11.5 Å². The molecule has 152 valence electrons. The van der Waals surface area contributed by atoms with Crippen molar-refractivity contribution in [2.45, 2.75) is 19.9 Å². The minimum atomic E-state index is -0.760. The van der Waals surface area contributed by atoms with Gasteiger partial charge in [0.15, 0.2) is 0 Å². The SMILES string of the molecule is COCCN1C(=O)C(=O)/C(=C(/O)c2cc(C)cc(C)c2OC)C1c1cccnc1. The van der Waals surface area contributed by atoms with Gasteiger partial charge in [-0.1, -0.05) is 12.1 Å². The summed E-state index contributed by atoms with van der Waals surface area (Å²) in [6.07, 6.45) is 3.19. The fourth-order valence-corrected chi connectivity index (χ4v) is 3.73. The number of hydrogen-bond acceptors (Lipinski definition) is 6. The molecule has 1 unspecified atom stereocenters. The first-order valence-electron chi connectivity index (χ1n) is 9.23. The maximum Gasteiger partial charge on any atom is 0.295 e. The second-order valence-corrected chi connectivity index (χ2v) is 6.93. The van der Waals surface area contributed by atoms with Gasteiger partial charge in [0, 0.05) is 26.0 Å². The predicted octanol–water partition coefficient (Wildman–Crippen LogP) is 2.78. The summed E-state index contributed by atoms with van der Waals surface area (Å²) >= 11 is 0. The first kappa shape index (κ1) is 20.5. The van der Waals surface area contributed by atoms with Crippen LogP contribution in [0.5, 0.6) is 5.75 Å². The maximum atomic E-state index is 12.9. The Labute approximate surface area is 169 Å². The minimum Gasteiger partial charge on any atom is -0.507 e. The van der Waals surface area contributed by atoms with Crippen molar-refractivity contribution in [1.29, 1.82) is 0 Å². The van der Waals surface area contributed by atoms with Crippen LogP contribution >= 0.6 is 0 Å². The van der Waals surface area contributed by atoms with E-state index in [1.165, 1.54) is 19.1 Å². The Bertz CT molecular complexity index is 969. The Morgan fingerprint density at radius 2 is 2.00 bits per heavy atom.